The van der Waals surface area contributed by atoms with E-state index >= 15 is 0 Å². The third kappa shape index (κ3) is 6.49. The fourth-order valence-corrected chi connectivity index (χ4v) is 2.66. The predicted octanol–water partition coefficient (Wildman–Crippen LogP) is 3.32. The summed E-state index contributed by atoms with van der Waals surface area (Å²) in [6.45, 7) is 13.5. The molecule has 1 aromatic rings. The Morgan fingerprint density at radius 3 is 2.55 bits per heavy atom. The molecule has 3 heteroatoms. The van der Waals surface area contributed by atoms with Crippen LogP contribution in [0.5, 0.6) is 0 Å². The molecular formula is C17H31N3. The molecule has 0 saturated carbocycles. The fourth-order valence-electron chi connectivity index (χ4n) is 2.66. The second-order valence-electron chi connectivity index (χ2n) is 5.90. The molecule has 0 fully saturated rings. The lowest BCUT2D eigenvalue weighted by molar-refractivity contribution is 0.166. The van der Waals surface area contributed by atoms with Crippen LogP contribution in [0.4, 0.5) is 0 Å². The smallest absolute Gasteiger partial charge is 0.0312 e. The summed E-state index contributed by atoms with van der Waals surface area (Å²) in [5, 5.41) is 3.53. The van der Waals surface area contributed by atoms with E-state index in [9.17, 15) is 0 Å². The standard InChI is InChI=1S/C17H31N3/c1-5-17(6-2)20(14-15(3)4)11-10-19-13-16-8-7-9-18-12-16/h7-9,12,15,17,19H,5-6,10-11,13-14H2,1-4H3. The van der Waals surface area contributed by atoms with Crippen molar-refractivity contribution in [2.75, 3.05) is 19.6 Å². The van der Waals surface area contributed by atoms with Crippen LogP contribution in [-0.4, -0.2) is 35.6 Å². The Morgan fingerprint density at radius 1 is 1.25 bits per heavy atom. The van der Waals surface area contributed by atoms with Crippen LogP contribution in [0.3, 0.4) is 0 Å². The summed E-state index contributed by atoms with van der Waals surface area (Å²) in [5.41, 5.74) is 1.26. The van der Waals surface area contributed by atoms with Gasteiger partial charge in [-0.25, -0.2) is 0 Å². The Kier molecular flexibility index (Phi) is 8.47. The Balaban J connectivity index is 2.34. The highest BCUT2D eigenvalue weighted by Crippen LogP contribution is 2.10. The molecule has 1 rings (SSSR count). The fraction of sp³-hybridized carbons (Fsp3) is 0.706. The normalized spacial score (nSPS) is 11.8. The van der Waals surface area contributed by atoms with Gasteiger partial charge in [-0.1, -0.05) is 33.8 Å². The highest BCUT2D eigenvalue weighted by atomic mass is 15.2. The van der Waals surface area contributed by atoms with Crippen molar-refractivity contribution < 1.29 is 0 Å². The number of rotatable bonds is 10. The van der Waals surface area contributed by atoms with E-state index in [0.29, 0.717) is 0 Å². The molecule has 0 unspecified atom stereocenters. The van der Waals surface area contributed by atoms with E-state index in [0.717, 1.165) is 31.6 Å². The zero-order valence-electron chi connectivity index (χ0n) is 13.6. The predicted molar refractivity (Wildman–Crippen MR) is 86.7 cm³/mol. The molecule has 0 atom stereocenters. The lowest BCUT2D eigenvalue weighted by atomic mass is 10.1. The van der Waals surface area contributed by atoms with Gasteiger partial charge in [0.2, 0.25) is 0 Å². The molecule has 0 spiro atoms. The van der Waals surface area contributed by atoms with Gasteiger partial charge in [0.15, 0.2) is 0 Å². The van der Waals surface area contributed by atoms with E-state index in [1.54, 1.807) is 0 Å². The first-order chi connectivity index (χ1) is 9.67. The molecule has 0 aliphatic heterocycles. The van der Waals surface area contributed by atoms with Gasteiger partial charge in [0.05, 0.1) is 0 Å². The number of aromatic nitrogens is 1. The van der Waals surface area contributed by atoms with E-state index in [2.05, 4.69) is 49.0 Å². The maximum Gasteiger partial charge on any atom is 0.0312 e. The van der Waals surface area contributed by atoms with Gasteiger partial charge in [-0.3, -0.25) is 9.88 Å². The van der Waals surface area contributed by atoms with E-state index in [-0.39, 0.29) is 0 Å². The first kappa shape index (κ1) is 17.1. The number of pyridine rings is 1. The molecule has 3 nitrogen and oxygen atoms in total. The van der Waals surface area contributed by atoms with Crippen LogP contribution in [-0.2, 0) is 6.54 Å². The second-order valence-corrected chi connectivity index (χ2v) is 5.90. The van der Waals surface area contributed by atoms with Gasteiger partial charge in [-0.2, -0.15) is 0 Å². The lowest BCUT2D eigenvalue weighted by Crippen LogP contribution is -2.41. The molecule has 0 aromatic carbocycles. The number of nitrogens with one attached hydrogen (secondary N) is 1. The van der Waals surface area contributed by atoms with Gasteiger partial charge in [0.1, 0.15) is 0 Å². The van der Waals surface area contributed by atoms with Crippen molar-refractivity contribution in [1.29, 1.82) is 0 Å². The van der Waals surface area contributed by atoms with Gasteiger partial charge in [-0.15, -0.1) is 0 Å². The van der Waals surface area contributed by atoms with Gasteiger partial charge in [-0.05, 0) is 30.4 Å². The van der Waals surface area contributed by atoms with Crippen LogP contribution in [0.1, 0.15) is 46.1 Å². The van der Waals surface area contributed by atoms with Crippen molar-refractivity contribution in [2.24, 2.45) is 5.92 Å². The minimum absolute atomic E-state index is 0.720. The molecule has 20 heavy (non-hydrogen) atoms. The topological polar surface area (TPSA) is 28.2 Å². The maximum absolute atomic E-state index is 4.14. The van der Waals surface area contributed by atoms with E-state index in [1.807, 2.05) is 18.5 Å². The Hall–Kier alpha value is -0.930. The highest BCUT2D eigenvalue weighted by Gasteiger charge is 2.15. The van der Waals surface area contributed by atoms with Crippen molar-refractivity contribution >= 4 is 0 Å². The van der Waals surface area contributed by atoms with Crippen LogP contribution >= 0.6 is 0 Å². The van der Waals surface area contributed by atoms with Gasteiger partial charge >= 0.3 is 0 Å². The van der Waals surface area contributed by atoms with Crippen molar-refractivity contribution in [3.05, 3.63) is 30.1 Å². The largest absolute Gasteiger partial charge is 0.311 e. The Bertz CT molecular complexity index is 333. The van der Waals surface area contributed by atoms with Crippen molar-refractivity contribution in [2.45, 2.75) is 53.1 Å². The molecule has 114 valence electrons. The van der Waals surface area contributed by atoms with Crippen molar-refractivity contribution in [1.82, 2.24) is 15.2 Å². The summed E-state index contributed by atoms with van der Waals surface area (Å²) in [4.78, 5) is 6.78. The van der Waals surface area contributed by atoms with Crippen LogP contribution in [0, 0.1) is 5.92 Å². The average Bonchev–Trinajstić information content (AvgIpc) is 2.45. The first-order valence-corrected chi connectivity index (χ1v) is 8.01. The monoisotopic (exact) mass is 277 g/mol. The summed E-state index contributed by atoms with van der Waals surface area (Å²) in [6.07, 6.45) is 6.23. The number of hydrogen-bond donors (Lipinski definition) is 1. The first-order valence-electron chi connectivity index (χ1n) is 8.01. The Morgan fingerprint density at radius 2 is 2.00 bits per heavy atom. The number of nitrogens with zero attached hydrogens (tertiary/aromatic N) is 2. The molecule has 0 aliphatic carbocycles. The molecule has 1 heterocycles. The van der Waals surface area contributed by atoms with Gasteiger partial charge < -0.3 is 5.32 Å². The molecular weight excluding hydrogens is 246 g/mol. The summed E-state index contributed by atoms with van der Waals surface area (Å²) < 4.78 is 0. The van der Waals surface area contributed by atoms with Crippen LogP contribution < -0.4 is 5.32 Å². The molecule has 0 amide bonds. The van der Waals surface area contributed by atoms with E-state index in [1.165, 1.54) is 24.9 Å². The molecule has 0 radical (unpaired) electrons. The third-order valence-electron chi connectivity index (χ3n) is 3.69. The zero-order valence-corrected chi connectivity index (χ0v) is 13.6. The SMILES string of the molecule is CCC(CC)N(CCNCc1cccnc1)CC(C)C. The summed E-state index contributed by atoms with van der Waals surface area (Å²) in [5.74, 6) is 0.730. The quantitative estimate of drug-likeness (QED) is 0.665. The molecule has 0 bridgehead atoms. The second kappa shape index (κ2) is 9.89. The van der Waals surface area contributed by atoms with Crippen LogP contribution in [0.25, 0.3) is 0 Å². The molecule has 0 aliphatic rings. The van der Waals surface area contributed by atoms with Gasteiger partial charge in [0.25, 0.3) is 0 Å². The molecule has 1 aromatic heterocycles. The maximum atomic E-state index is 4.14. The molecule has 1 N–H and O–H groups in total. The van der Waals surface area contributed by atoms with E-state index in [4.69, 9.17) is 0 Å². The molecule has 0 saturated heterocycles. The highest BCUT2D eigenvalue weighted by molar-refractivity contribution is 5.07. The van der Waals surface area contributed by atoms with E-state index < -0.39 is 0 Å². The number of hydrogen-bond acceptors (Lipinski definition) is 3. The zero-order chi connectivity index (χ0) is 14.8. The minimum atomic E-state index is 0.720. The summed E-state index contributed by atoms with van der Waals surface area (Å²) in [7, 11) is 0. The van der Waals surface area contributed by atoms with Crippen LogP contribution in [0.15, 0.2) is 24.5 Å². The summed E-state index contributed by atoms with van der Waals surface area (Å²) in [6, 6.07) is 4.83. The van der Waals surface area contributed by atoms with Crippen molar-refractivity contribution in [3.63, 3.8) is 0 Å². The van der Waals surface area contributed by atoms with Crippen molar-refractivity contribution in [3.8, 4) is 0 Å². The van der Waals surface area contributed by atoms with Crippen LogP contribution in [0.2, 0.25) is 0 Å². The third-order valence-corrected chi connectivity index (χ3v) is 3.69. The minimum Gasteiger partial charge on any atom is -0.311 e. The Labute approximate surface area is 124 Å². The average molecular weight is 277 g/mol. The lowest BCUT2D eigenvalue weighted by Gasteiger charge is -2.32. The summed E-state index contributed by atoms with van der Waals surface area (Å²) >= 11 is 0. The van der Waals surface area contributed by atoms with Gasteiger partial charge in [0, 0.05) is 44.6 Å².